The maximum atomic E-state index is 9.21. The lowest BCUT2D eigenvalue weighted by molar-refractivity contribution is 0.198. The Morgan fingerprint density at radius 2 is 2.05 bits per heavy atom. The van der Waals surface area contributed by atoms with Crippen molar-refractivity contribution in [3.8, 4) is 17.6 Å². The SMILES string of the molecule is COCCNC(C#N)c1ccc(OC)c(OC)c1Cl. The van der Waals surface area contributed by atoms with Crippen LogP contribution in [0.5, 0.6) is 11.5 Å². The van der Waals surface area contributed by atoms with E-state index in [0.717, 1.165) is 0 Å². The average Bonchev–Trinajstić information content (AvgIpc) is 2.44. The van der Waals surface area contributed by atoms with Crippen LogP contribution in [0, 0.1) is 11.3 Å². The predicted molar refractivity (Wildman–Crippen MR) is 72.8 cm³/mol. The van der Waals surface area contributed by atoms with Gasteiger partial charge in [-0.1, -0.05) is 17.7 Å². The number of ether oxygens (including phenoxy) is 3. The summed E-state index contributed by atoms with van der Waals surface area (Å²) in [5.41, 5.74) is 0.651. The number of nitrogens with one attached hydrogen (secondary N) is 1. The van der Waals surface area contributed by atoms with Gasteiger partial charge in [0.25, 0.3) is 0 Å². The van der Waals surface area contributed by atoms with Crippen LogP contribution in [-0.4, -0.2) is 34.5 Å². The van der Waals surface area contributed by atoms with Crippen LogP contribution < -0.4 is 14.8 Å². The van der Waals surface area contributed by atoms with E-state index < -0.39 is 6.04 Å². The Labute approximate surface area is 118 Å². The molecular formula is C13H17ClN2O3. The number of methoxy groups -OCH3 is 3. The standard InChI is InChI=1S/C13H17ClN2O3/c1-17-7-6-16-10(8-15)9-4-5-11(18-2)13(19-3)12(9)14/h4-5,10,16H,6-7H2,1-3H3. The van der Waals surface area contributed by atoms with E-state index in [1.54, 1.807) is 19.2 Å². The van der Waals surface area contributed by atoms with E-state index in [2.05, 4.69) is 11.4 Å². The summed E-state index contributed by atoms with van der Waals surface area (Å²) in [5, 5.41) is 12.6. The minimum Gasteiger partial charge on any atom is -0.493 e. The Kier molecular flexibility index (Phi) is 6.43. The average molecular weight is 285 g/mol. The van der Waals surface area contributed by atoms with Gasteiger partial charge in [0, 0.05) is 19.2 Å². The molecule has 5 nitrogen and oxygen atoms in total. The molecule has 104 valence electrons. The van der Waals surface area contributed by atoms with Crippen LogP contribution in [0.1, 0.15) is 11.6 Å². The van der Waals surface area contributed by atoms with E-state index >= 15 is 0 Å². The molecule has 6 heteroatoms. The van der Waals surface area contributed by atoms with Crippen molar-refractivity contribution >= 4 is 11.6 Å². The van der Waals surface area contributed by atoms with E-state index in [9.17, 15) is 5.26 Å². The number of hydrogen-bond acceptors (Lipinski definition) is 5. The number of hydrogen-bond donors (Lipinski definition) is 1. The van der Waals surface area contributed by atoms with Gasteiger partial charge in [-0.2, -0.15) is 5.26 Å². The van der Waals surface area contributed by atoms with Crippen molar-refractivity contribution < 1.29 is 14.2 Å². The van der Waals surface area contributed by atoms with Crippen LogP contribution >= 0.6 is 11.6 Å². The minimum absolute atomic E-state index is 0.373. The van der Waals surface area contributed by atoms with Crippen LogP contribution in [0.3, 0.4) is 0 Å². The number of nitrogens with zero attached hydrogens (tertiary/aromatic N) is 1. The number of rotatable bonds is 7. The number of benzene rings is 1. The van der Waals surface area contributed by atoms with Crippen LogP contribution in [-0.2, 0) is 4.74 Å². The molecular weight excluding hydrogens is 268 g/mol. The van der Waals surface area contributed by atoms with Gasteiger partial charge in [-0.25, -0.2) is 0 Å². The van der Waals surface area contributed by atoms with Crippen molar-refractivity contribution in [3.05, 3.63) is 22.7 Å². The molecule has 1 aromatic rings. The third kappa shape index (κ3) is 3.74. The van der Waals surface area contributed by atoms with Gasteiger partial charge < -0.3 is 14.2 Å². The normalized spacial score (nSPS) is 11.7. The minimum atomic E-state index is -0.526. The smallest absolute Gasteiger partial charge is 0.179 e. The summed E-state index contributed by atoms with van der Waals surface area (Å²) >= 11 is 6.25. The summed E-state index contributed by atoms with van der Waals surface area (Å²) in [7, 11) is 4.65. The largest absolute Gasteiger partial charge is 0.493 e. The second-order valence-electron chi connectivity index (χ2n) is 3.71. The lowest BCUT2D eigenvalue weighted by Gasteiger charge is -2.16. The molecule has 0 heterocycles. The second-order valence-corrected chi connectivity index (χ2v) is 4.09. The highest BCUT2D eigenvalue weighted by Gasteiger charge is 2.19. The first kappa shape index (κ1) is 15.6. The van der Waals surface area contributed by atoms with E-state index in [0.29, 0.717) is 35.2 Å². The number of nitriles is 1. The summed E-state index contributed by atoms with van der Waals surface area (Å²) in [4.78, 5) is 0. The fourth-order valence-electron chi connectivity index (χ4n) is 1.66. The van der Waals surface area contributed by atoms with E-state index in [-0.39, 0.29) is 0 Å². The van der Waals surface area contributed by atoms with Gasteiger partial charge in [-0.15, -0.1) is 0 Å². The highest BCUT2D eigenvalue weighted by Crippen LogP contribution is 2.39. The molecule has 0 aromatic heterocycles. The van der Waals surface area contributed by atoms with E-state index in [4.69, 9.17) is 25.8 Å². The van der Waals surface area contributed by atoms with Crippen molar-refractivity contribution in [1.29, 1.82) is 5.26 Å². The zero-order valence-corrected chi connectivity index (χ0v) is 12.0. The lowest BCUT2D eigenvalue weighted by Crippen LogP contribution is -2.24. The maximum Gasteiger partial charge on any atom is 0.179 e. The Bertz CT molecular complexity index is 460. The Morgan fingerprint density at radius 3 is 2.58 bits per heavy atom. The quantitative estimate of drug-likeness (QED) is 0.778. The Morgan fingerprint density at radius 1 is 1.32 bits per heavy atom. The molecule has 19 heavy (non-hydrogen) atoms. The van der Waals surface area contributed by atoms with E-state index in [1.807, 2.05) is 0 Å². The summed E-state index contributed by atoms with van der Waals surface area (Å²) in [6.07, 6.45) is 0. The molecule has 0 aliphatic rings. The van der Waals surface area contributed by atoms with Crippen molar-refractivity contribution in [2.24, 2.45) is 0 Å². The molecule has 1 aromatic carbocycles. The molecule has 0 aliphatic heterocycles. The van der Waals surface area contributed by atoms with Gasteiger partial charge >= 0.3 is 0 Å². The first-order valence-corrected chi connectivity index (χ1v) is 6.09. The van der Waals surface area contributed by atoms with Crippen LogP contribution in [0.2, 0.25) is 5.02 Å². The summed E-state index contributed by atoms with van der Waals surface area (Å²) in [6, 6.07) is 5.11. The topological polar surface area (TPSA) is 63.5 Å². The summed E-state index contributed by atoms with van der Waals surface area (Å²) in [6.45, 7) is 1.07. The number of halogens is 1. The van der Waals surface area contributed by atoms with Gasteiger partial charge in [0.2, 0.25) is 0 Å². The molecule has 0 bridgehead atoms. The molecule has 0 fully saturated rings. The molecule has 0 saturated heterocycles. The van der Waals surface area contributed by atoms with Gasteiger partial charge in [-0.3, -0.25) is 5.32 Å². The summed E-state index contributed by atoms with van der Waals surface area (Å²) < 4.78 is 15.3. The van der Waals surface area contributed by atoms with Gasteiger partial charge in [0.1, 0.15) is 6.04 Å². The fourth-order valence-corrected chi connectivity index (χ4v) is 2.00. The molecule has 0 spiro atoms. The highest BCUT2D eigenvalue weighted by atomic mass is 35.5. The fraction of sp³-hybridized carbons (Fsp3) is 0.462. The van der Waals surface area contributed by atoms with Crippen LogP contribution in [0.4, 0.5) is 0 Å². The van der Waals surface area contributed by atoms with Crippen molar-refractivity contribution in [1.82, 2.24) is 5.32 Å². The second kappa shape index (κ2) is 7.85. The van der Waals surface area contributed by atoms with Crippen LogP contribution in [0.15, 0.2) is 12.1 Å². The Balaban J connectivity index is 3.02. The summed E-state index contributed by atoms with van der Waals surface area (Å²) in [5.74, 6) is 0.959. The molecule has 1 unspecified atom stereocenters. The molecule has 1 rings (SSSR count). The van der Waals surface area contributed by atoms with Crippen molar-refractivity contribution in [3.63, 3.8) is 0 Å². The first-order chi connectivity index (χ1) is 9.19. The maximum absolute atomic E-state index is 9.21. The van der Waals surface area contributed by atoms with Gasteiger partial charge in [-0.05, 0) is 6.07 Å². The lowest BCUT2D eigenvalue weighted by atomic mass is 10.1. The molecule has 0 aliphatic carbocycles. The van der Waals surface area contributed by atoms with Crippen molar-refractivity contribution in [2.45, 2.75) is 6.04 Å². The van der Waals surface area contributed by atoms with E-state index in [1.165, 1.54) is 14.2 Å². The molecule has 1 N–H and O–H groups in total. The van der Waals surface area contributed by atoms with Gasteiger partial charge in [0.05, 0.1) is 31.9 Å². The third-order valence-corrected chi connectivity index (χ3v) is 3.00. The zero-order valence-electron chi connectivity index (χ0n) is 11.2. The predicted octanol–water partition coefficient (Wildman–Crippen LogP) is 2.16. The monoisotopic (exact) mass is 284 g/mol. The molecule has 1 atom stereocenters. The van der Waals surface area contributed by atoms with Gasteiger partial charge in [0.15, 0.2) is 11.5 Å². The van der Waals surface area contributed by atoms with Crippen molar-refractivity contribution in [2.75, 3.05) is 34.5 Å². The highest BCUT2D eigenvalue weighted by molar-refractivity contribution is 6.33. The Hall–Kier alpha value is -1.48. The molecule has 0 saturated carbocycles. The van der Waals surface area contributed by atoms with Crippen LogP contribution in [0.25, 0.3) is 0 Å². The zero-order chi connectivity index (χ0) is 14.3. The molecule has 0 radical (unpaired) electrons. The third-order valence-electron chi connectivity index (χ3n) is 2.61. The first-order valence-electron chi connectivity index (χ1n) is 5.71. The molecule has 0 amide bonds.